The van der Waals surface area contributed by atoms with Crippen LogP contribution in [0.25, 0.3) is 0 Å². The van der Waals surface area contributed by atoms with Crippen molar-refractivity contribution < 1.29 is 8.94 Å². The molecule has 1 aliphatic heterocycles. The largest absolute Gasteiger partial charge is 0.469 e. The summed E-state index contributed by atoms with van der Waals surface area (Å²) in [5.41, 5.74) is 1.01. The van der Waals surface area contributed by atoms with E-state index in [0.29, 0.717) is 6.04 Å². The molecule has 0 bridgehead atoms. The van der Waals surface area contributed by atoms with Crippen LogP contribution < -0.4 is 5.32 Å². The lowest BCUT2D eigenvalue weighted by Gasteiger charge is -2.37. The van der Waals surface area contributed by atoms with Crippen molar-refractivity contribution in [2.75, 3.05) is 32.7 Å². The van der Waals surface area contributed by atoms with Crippen molar-refractivity contribution in [2.45, 2.75) is 46.2 Å². The average Bonchev–Trinajstić information content (AvgIpc) is 3.33. The van der Waals surface area contributed by atoms with Gasteiger partial charge in [0.25, 0.3) is 0 Å². The monoisotopic (exact) mass is 373 g/mol. The number of furan rings is 1. The predicted octanol–water partition coefficient (Wildman–Crippen LogP) is 2.68. The fraction of sp³-hybridized carbons (Fsp3) is 0.600. The van der Waals surface area contributed by atoms with Crippen molar-refractivity contribution in [1.29, 1.82) is 0 Å². The van der Waals surface area contributed by atoms with Crippen molar-refractivity contribution >= 4 is 5.96 Å². The van der Waals surface area contributed by atoms with Crippen LogP contribution in [-0.2, 0) is 13.0 Å². The van der Waals surface area contributed by atoms with Crippen LogP contribution in [0.5, 0.6) is 0 Å². The molecule has 0 aliphatic carbocycles. The standard InChI is InChI=1S/C20H31N5O2/c1-4-16(2)22-20(21-8-7-19-6-5-13-26-19)25-11-9-24(10-12-25)15-18-14-17(3)27-23-18/h5-6,13-14,16H,4,7-12,15H2,1-3H3,(H,21,22). The third kappa shape index (κ3) is 5.85. The SMILES string of the molecule is CCC(C)NC(=NCCc1ccco1)N1CCN(Cc2cc(C)on2)CC1. The number of aliphatic imine (C=N–C) groups is 1. The number of piperazine rings is 1. The summed E-state index contributed by atoms with van der Waals surface area (Å²) in [6.07, 6.45) is 3.61. The number of hydrogen-bond donors (Lipinski definition) is 1. The van der Waals surface area contributed by atoms with E-state index in [1.54, 1.807) is 6.26 Å². The van der Waals surface area contributed by atoms with Crippen molar-refractivity contribution in [3.8, 4) is 0 Å². The summed E-state index contributed by atoms with van der Waals surface area (Å²) in [6.45, 7) is 11.8. The van der Waals surface area contributed by atoms with Crippen molar-refractivity contribution in [1.82, 2.24) is 20.3 Å². The van der Waals surface area contributed by atoms with Crippen molar-refractivity contribution in [3.63, 3.8) is 0 Å². The lowest BCUT2D eigenvalue weighted by atomic mass is 10.2. The molecule has 1 N–H and O–H groups in total. The van der Waals surface area contributed by atoms with Gasteiger partial charge in [-0.1, -0.05) is 12.1 Å². The second kappa shape index (κ2) is 9.60. The Morgan fingerprint density at radius 2 is 2.15 bits per heavy atom. The molecule has 0 spiro atoms. The molecule has 1 unspecified atom stereocenters. The van der Waals surface area contributed by atoms with Crippen LogP contribution in [-0.4, -0.2) is 59.7 Å². The van der Waals surface area contributed by atoms with E-state index in [-0.39, 0.29) is 0 Å². The molecule has 7 heteroatoms. The molecule has 3 heterocycles. The van der Waals surface area contributed by atoms with Gasteiger partial charge < -0.3 is 19.2 Å². The van der Waals surface area contributed by atoms with Gasteiger partial charge in [-0.15, -0.1) is 0 Å². The maximum atomic E-state index is 5.41. The lowest BCUT2D eigenvalue weighted by molar-refractivity contribution is 0.168. The number of aryl methyl sites for hydroxylation is 1. The highest BCUT2D eigenvalue weighted by Crippen LogP contribution is 2.10. The second-order valence-electron chi connectivity index (χ2n) is 7.18. The van der Waals surface area contributed by atoms with Gasteiger partial charge in [0, 0.05) is 57.8 Å². The molecule has 0 aromatic carbocycles. The summed E-state index contributed by atoms with van der Waals surface area (Å²) >= 11 is 0. The topological polar surface area (TPSA) is 70.0 Å². The Kier molecular flexibility index (Phi) is 6.92. The summed E-state index contributed by atoms with van der Waals surface area (Å²) in [7, 11) is 0. The third-order valence-electron chi connectivity index (χ3n) is 4.92. The maximum Gasteiger partial charge on any atom is 0.194 e. The minimum atomic E-state index is 0.406. The van der Waals surface area contributed by atoms with Gasteiger partial charge in [-0.3, -0.25) is 9.89 Å². The molecule has 7 nitrogen and oxygen atoms in total. The van der Waals surface area contributed by atoms with E-state index in [4.69, 9.17) is 13.9 Å². The fourth-order valence-corrected chi connectivity index (χ4v) is 3.13. The van der Waals surface area contributed by atoms with E-state index in [0.717, 1.165) is 75.3 Å². The number of hydrogen-bond acceptors (Lipinski definition) is 5. The Hall–Kier alpha value is -2.28. The van der Waals surface area contributed by atoms with Crippen LogP contribution >= 0.6 is 0 Å². The zero-order valence-electron chi connectivity index (χ0n) is 16.6. The van der Waals surface area contributed by atoms with Crippen LogP contribution in [0.3, 0.4) is 0 Å². The Morgan fingerprint density at radius 3 is 2.78 bits per heavy atom. The fourth-order valence-electron chi connectivity index (χ4n) is 3.13. The van der Waals surface area contributed by atoms with Gasteiger partial charge in [-0.2, -0.15) is 0 Å². The molecule has 1 aliphatic rings. The van der Waals surface area contributed by atoms with Crippen LogP contribution in [0.2, 0.25) is 0 Å². The number of rotatable bonds is 7. The first kappa shape index (κ1) is 19.5. The molecule has 2 aromatic rings. The van der Waals surface area contributed by atoms with E-state index in [9.17, 15) is 0 Å². The maximum absolute atomic E-state index is 5.41. The number of aromatic nitrogens is 1. The van der Waals surface area contributed by atoms with E-state index >= 15 is 0 Å². The molecule has 27 heavy (non-hydrogen) atoms. The van der Waals surface area contributed by atoms with Crippen LogP contribution in [0.15, 0.2) is 38.4 Å². The molecule has 0 radical (unpaired) electrons. The van der Waals surface area contributed by atoms with Crippen LogP contribution in [0, 0.1) is 6.92 Å². The molecular formula is C20H31N5O2. The number of nitrogens with zero attached hydrogens (tertiary/aromatic N) is 4. The van der Waals surface area contributed by atoms with E-state index in [2.05, 4.69) is 34.1 Å². The van der Waals surface area contributed by atoms with Gasteiger partial charge in [0.15, 0.2) is 5.96 Å². The second-order valence-corrected chi connectivity index (χ2v) is 7.18. The molecule has 1 fully saturated rings. The van der Waals surface area contributed by atoms with E-state index in [1.165, 1.54) is 0 Å². The highest BCUT2D eigenvalue weighted by atomic mass is 16.5. The Balaban J connectivity index is 1.54. The van der Waals surface area contributed by atoms with Crippen molar-refractivity contribution in [3.05, 3.63) is 41.7 Å². The van der Waals surface area contributed by atoms with Crippen LogP contribution in [0.4, 0.5) is 0 Å². The van der Waals surface area contributed by atoms with Crippen molar-refractivity contribution in [2.24, 2.45) is 4.99 Å². The van der Waals surface area contributed by atoms with Gasteiger partial charge in [0.05, 0.1) is 12.0 Å². The third-order valence-corrected chi connectivity index (χ3v) is 4.92. The quantitative estimate of drug-likeness (QED) is 0.594. The molecule has 0 saturated carbocycles. The van der Waals surface area contributed by atoms with Gasteiger partial charge in [0.1, 0.15) is 11.5 Å². The van der Waals surface area contributed by atoms with E-state index in [1.807, 2.05) is 25.1 Å². The molecular weight excluding hydrogens is 342 g/mol. The molecule has 0 amide bonds. The van der Waals surface area contributed by atoms with E-state index < -0.39 is 0 Å². The predicted molar refractivity (Wildman–Crippen MR) is 106 cm³/mol. The molecule has 2 aromatic heterocycles. The minimum Gasteiger partial charge on any atom is -0.469 e. The first-order chi connectivity index (χ1) is 13.1. The Morgan fingerprint density at radius 1 is 1.33 bits per heavy atom. The highest BCUT2D eigenvalue weighted by molar-refractivity contribution is 5.80. The lowest BCUT2D eigenvalue weighted by Crippen LogP contribution is -2.53. The molecule has 1 saturated heterocycles. The average molecular weight is 374 g/mol. The summed E-state index contributed by atoms with van der Waals surface area (Å²) in [4.78, 5) is 9.62. The highest BCUT2D eigenvalue weighted by Gasteiger charge is 2.21. The normalized spacial score (nSPS) is 17.3. The molecule has 3 rings (SSSR count). The zero-order chi connectivity index (χ0) is 19.1. The number of guanidine groups is 1. The Bertz CT molecular complexity index is 702. The Labute approximate surface area is 161 Å². The molecule has 1 atom stereocenters. The van der Waals surface area contributed by atoms with Gasteiger partial charge in [0.2, 0.25) is 0 Å². The summed E-state index contributed by atoms with van der Waals surface area (Å²) < 4.78 is 10.6. The molecule has 148 valence electrons. The first-order valence-corrected chi connectivity index (χ1v) is 9.87. The number of nitrogens with one attached hydrogen (secondary N) is 1. The smallest absolute Gasteiger partial charge is 0.194 e. The van der Waals surface area contributed by atoms with Gasteiger partial charge >= 0.3 is 0 Å². The van der Waals surface area contributed by atoms with Gasteiger partial charge in [-0.25, -0.2) is 0 Å². The summed E-state index contributed by atoms with van der Waals surface area (Å²) in [5.74, 6) is 2.86. The summed E-state index contributed by atoms with van der Waals surface area (Å²) in [6, 6.07) is 6.34. The van der Waals surface area contributed by atoms with Crippen LogP contribution in [0.1, 0.15) is 37.5 Å². The van der Waals surface area contributed by atoms with Gasteiger partial charge in [-0.05, 0) is 32.4 Å². The summed E-state index contributed by atoms with van der Waals surface area (Å²) in [5, 5.41) is 7.69. The zero-order valence-corrected chi connectivity index (χ0v) is 16.6. The first-order valence-electron chi connectivity index (χ1n) is 9.87. The minimum absolute atomic E-state index is 0.406.